The van der Waals surface area contributed by atoms with E-state index in [1.54, 1.807) is 26.8 Å². The van der Waals surface area contributed by atoms with Gasteiger partial charge in [0.25, 0.3) is 0 Å². The summed E-state index contributed by atoms with van der Waals surface area (Å²) in [6, 6.07) is 4.40. The summed E-state index contributed by atoms with van der Waals surface area (Å²) in [4.78, 5) is 0. The van der Waals surface area contributed by atoms with E-state index < -0.39 is 20.4 Å². The van der Waals surface area contributed by atoms with Crippen LogP contribution in [0.15, 0.2) is 22.7 Å². The zero-order valence-corrected chi connectivity index (χ0v) is 11.8. The maximum atomic E-state index is 13.5. The van der Waals surface area contributed by atoms with E-state index >= 15 is 0 Å². The fraction of sp³-hybridized carbons (Fsp3) is 0.455. The molecule has 0 radical (unpaired) electrons. The van der Waals surface area contributed by atoms with Gasteiger partial charge in [0.2, 0.25) is 0 Å². The van der Waals surface area contributed by atoms with E-state index in [0.717, 1.165) is 0 Å². The summed E-state index contributed by atoms with van der Waals surface area (Å²) in [6.45, 7) is 4.83. The molecular formula is C11H14BrFO2S. The van der Waals surface area contributed by atoms with Crippen molar-refractivity contribution in [2.45, 2.75) is 31.3 Å². The molecule has 0 spiro atoms. The Kier molecular flexibility index (Phi) is 3.80. The summed E-state index contributed by atoms with van der Waals surface area (Å²) in [6.07, 6.45) is 0. The highest BCUT2D eigenvalue weighted by Crippen LogP contribution is 2.23. The monoisotopic (exact) mass is 308 g/mol. The van der Waals surface area contributed by atoms with Gasteiger partial charge < -0.3 is 0 Å². The van der Waals surface area contributed by atoms with Gasteiger partial charge in [-0.3, -0.25) is 0 Å². The van der Waals surface area contributed by atoms with E-state index in [-0.39, 0.29) is 11.3 Å². The second kappa shape index (κ2) is 4.45. The van der Waals surface area contributed by atoms with Crippen LogP contribution < -0.4 is 0 Å². The lowest BCUT2D eigenvalue weighted by Crippen LogP contribution is -2.29. The fourth-order valence-corrected chi connectivity index (χ4v) is 2.47. The third-order valence-corrected chi connectivity index (χ3v) is 5.34. The van der Waals surface area contributed by atoms with Crippen LogP contribution in [0.4, 0.5) is 4.39 Å². The molecule has 0 aliphatic rings. The highest BCUT2D eigenvalue weighted by molar-refractivity contribution is 9.10. The van der Waals surface area contributed by atoms with Gasteiger partial charge in [0.05, 0.1) is 10.5 Å². The van der Waals surface area contributed by atoms with Crippen LogP contribution in [0.3, 0.4) is 0 Å². The van der Waals surface area contributed by atoms with Crippen LogP contribution in [0, 0.1) is 5.82 Å². The summed E-state index contributed by atoms with van der Waals surface area (Å²) in [7, 11) is -3.34. The molecule has 1 rings (SSSR count). The van der Waals surface area contributed by atoms with Crippen LogP contribution in [0.1, 0.15) is 26.3 Å². The van der Waals surface area contributed by atoms with E-state index in [2.05, 4.69) is 15.9 Å². The molecule has 2 nitrogen and oxygen atoms in total. The molecule has 0 aromatic heterocycles. The minimum absolute atomic E-state index is 0.207. The molecule has 0 amide bonds. The van der Waals surface area contributed by atoms with E-state index in [1.807, 2.05) is 0 Å². The lowest BCUT2D eigenvalue weighted by molar-refractivity contribution is 0.555. The molecule has 0 fully saturated rings. The quantitative estimate of drug-likeness (QED) is 0.840. The van der Waals surface area contributed by atoms with Crippen LogP contribution in [-0.2, 0) is 15.6 Å². The standard InChI is InChI=1S/C11H14BrFO2S/c1-11(2,3)16(14,15)7-8-4-5-9(12)6-10(8)13/h4-6H,7H2,1-3H3. The van der Waals surface area contributed by atoms with Gasteiger partial charge in [-0.05, 0) is 32.9 Å². The average molecular weight is 309 g/mol. The number of sulfone groups is 1. The lowest BCUT2D eigenvalue weighted by Gasteiger charge is -2.19. The predicted octanol–water partition coefficient (Wildman–Crippen LogP) is 3.30. The number of halogens is 2. The highest BCUT2D eigenvalue weighted by atomic mass is 79.9. The van der Waals surface area contributed by atoms with Gasteiger partial charge >= 0.3 is 0 Å². The Morgan fingerprint density at radius 2 is 1.88 bits per heavy atom. The first-order valence-electron chi connectivity index (χ1n) is 4.80. The van der Waals surface area contributed by atoms with Gasteiger partial charge in [-0.25, -0.2) is 12.8 Å². The first kappa shape index (κ1) is 13.6. The Morgan fingerprint density at radius 3 is 2.31 bits per heavy atom. The molecule has 0 N–H and O–H groups in total. The smallest absolute Gasteiger partial charge is 0.159 e. The molecule has 0 unspecified atom stereocenters. The van der Waals surface area contributed by atoms with Crippen molar-refractivity contribution < 1.29 is 12.8 Å². The molecule has 0 aliphatic heterocycles. The van der Waals surface area contributed by atoms with Gasteiger partial charge in [0.1, 0.15) is 5.82 Å². The Morgan fingerprint density at radius 1 is 1.31 bits per heavy atom. The first-order chi connectivity index (χ1) is 7.13. The van der Waals surface area contributed by atoms with Crippen molar-refractivity contribution in [1.29, 1.82) is 0 Å². The molecule has 0 saturated carbocycles. The Balaban J connectivity index is 3.07. The van der Waals surface area contributed by atoms with Crippen molar-refractivity contribution >= 4 is 25.8 Å². The number of benzene rings is 1. The maximum absolute atomic E-state index is 13.5. The summed E-state index contributed by atoms with van der Waals surface area (Å²) < 4.78 is 37.0. The SMILES string of the molecule is CC(C)(C)S(=O)(=O)Cc1ccc(Br)cc1F. The molecule has 1 aromatic carbocycles. The molecular weight excluding hydrogens is 295 g/mol. The molecule has 0 atom stereocenters. The molecule has 0 heterocycles. The van der Waals surface area contributed by atoms with E-state index in [9.17, 15) is 12.8 Å². The molecule has 5 heteroatoms. The van der Waals surface area contributed by atoms with Gasteiger partial charge in [-0.15, -0.1) is 0 Å². The number of hydrogen-bond acceptors (Lipinski definition) is 2. The van der Waals surface area contributed by atoms with Crippen LogP contribution in [0.25, 0.3) is 0 Å². The van der Waals surface area contributed by atoms with Crippen LogP contribution in [0.2, 0.25) is 0 Å². The molecule has 0 saturated heterocycles. The maximum Gasteiger partial charge on any atom is 0.159 e. The van der Waals surface area contributed by atoms with Crippen molar-refractivity contribution in [1.82, 2.24) is 0 Å². The minimum atomic E-state index is -3.34. The lowest BCUT2D eigenvalue weighted by atomic mass is 10.2. The number of hydrogen-bond donors (Lipinski definition) is 0. The van der Waals surface area contributed by atoms with E-state index in [0.29, 0.717) is 4.47 Å². The summed E-state index contributed by atoms with van der Waals surface area (Å²) in [5.41, 5.74) is 0.207. The van der Waals surface area contributed by atoms with Crippen molar-refractivity contribution in [3.63, 3.8) is 0 Å². The second-order valence-electron chi connectivity index (χ2n) is 4.61. The third kappa shape index (κ3) is 3.04. The van der Waals surface area contributed by atoms with Crippen LogP contribution in [-0.4, -0.2) is 13.2 Å². The zero-order chi connectivity index (χ0) is 12.6. The molecule has 16 heavy (non-hydrogen) atoms. The highest BCUT2D eigenvalue weighted by Gasteiger charge is 2.29. The van der Waals surface area contributed by atoms with Gasteiger partial charge in [0, 0.05) is 10.0 Å². The summed E-state index contributed by atoms with van der Waals surface area (Å²) >= 11 is 3.13. The number of rotatable bonds is 2. The predicted molar refractivity (Wildman–Crippen MR) is 66.5 cm³/mol. The largest absolute Gasteiger partial charge is 0.228 e. The van der Waals surface area contributed by atoms with E-state index in [1.165, 1.54) is 12.1 Å². The Labute approximate surface area is 104 Å². The molecule has 1 aromatic rings. The van der Waals surface area contributed by atoms with E-state index in [4.69, 9.17) is 0 Å². The van der Waals surface area contributed by atoms with Crippen LogP contribution in [0.5, 0.6) is 0 Å². The molecule has 0 aliphatic carbocycles. The van der Waals surface area contributed by atoms with Crippen molar-refractivity contribution in [3.8, 4) is 0 Å². The molecule has 0 bridgehead atoms. The summed E-state index contributed by atoms with van der Waals surface area (Å²) in [5, 5.41) is 0. The second-order valence-corrected chi connectivity index (χ2v) is 8.27. The molecule has 90 valence electrons. The Bertz CT molecular complexity index is 489. The van der Waals surface area contributed by atoms with Gasteiger partial charge in [0.15, 0.2) is 9.84 Å². The topological polar surface area (TPSA) is 34.1 Å². The van der Waals surface area contributed by atoms with Crippen molar-refractivity contribution in [2.75, 3.05) is 0 Å². The van der Waals surface area contributed by atoms with Gasteiger partial charge in [-0.2, -0.15) is 0 Å². The average Bonchev–Trinajstić information content (AvgIpc) is 2.08. The minimum Gasteiger partial charge on any atom is -0.228 e. The van der Waals surface area contributed by atoms with Crippen molar-refractivity contribution in [3.05, 3.63) is 34.1 Å². The van der Waals surface area contributed by atoms with Gasteiger partial charge in [-0.1, -0.05) is 22.0 Å². The van der Waals surface area contributed by atoms with Crippen LogP contribution >= 0.6 is 15.9 Å². The first-order valence-corrected chi connectivity index (χ1v) is 7.24. The third-order valence-electron chi connectivity index (χ3n) is 2.29. The summed E-state index contributed by atoms with van der Waals surface area (Å²) in [5.74, 6) is -0.766. The van der Waals surface area contributed by atoms with Crippen molar-refractivity contribution in [2.24, 2.45) is 0 Å². The Hall–Kier alpha value is -0.420. The fourth-order valence-electron chi connectivity index (χ4n) is 1.06. The normalized spacial score (nSPS) is 12.8. The zero-order valence-electron chi connectivity index (χ0n) is 9.42.